The molecule has 2 atom stereocenters. The number of aliphatic carboxylic acids is 1. The van der Waals surface area contributed by atoms with Crippen LogP contribution in [0, 0.1) is 12.8 Å². The van der Waals surface area contributed by atoms with E-state index < -0.39 is 24.0 Å². The highest BCUT2D eigenvalue weighted by Gasteiger charge is 2.28. The average molecular weight is 320 g/mol. The second-order valence-corrected chi connectivity index (χ2v) is 5.95. The normalized spacial score (nSPS) is 13.3. The van der Waals surface area contributed by atoms with Crippen molar-refractivity contribution in [1.82, 2.24) is 10.6 Å². The smallest absolute Gasteiger partial charge is 0.326 e. The fraction of sp³-hybridized carbons (Fsp3) is 0.471. The Morgan fingerprint density at radius 2 is 1.74 bits per heavy atom. The predicted molar refractivity (Wildman–Crippen MR) is 86.9 cm³/mol. The van der Waals surface area contributed by atoms with Gasteiger partial charge in [0.15, 0.2) is 0 Å². The molecule has 0 fully saturated rings. The minimum Gasteiger partial charge on any atom is -0.480 e. The molecular formula is C17H24N2O4. The van der Waals surface area contributed by atoms with Gasteiger partial charge in [-0.15, -0.1) is 0 Å². The van der Waals surface area contributed by atoms with Gasteiger partial charge in [0.25, 0.3) is 0 Å². The van der Waals surface area contributed by atoms with E-state index in [-0.39, 0.29) is 18.2 Å². The van der Waals surface area contributed by atoms with Crippen molar-refractivity contribution < 1.29 is 19.5 Å². The van der Waals surface area contributed by atoms with Crippen LogP contribution in [0.1, 0.15) is 31.9 Å². The Morgan fingerprint density at radius 3 is 2.22 bits per heavy atom. The first-order valence-corrected chi connectivity index (χ1v) is 7.57. The van der Waals surface area contributed by atoms with Gasteiger partial charge in [0, 0.05) is 13.3 Å². The summed E-state index contributed by atoms with van der Waals surface area (Å²) in [7, 11) is 0. The van der Waals surface area contributed by atoms with E-state index in [9.17, 15) is 19.5 Å². The average Bonchev–Trinajstić information content (AvgIpc) is 2.45. The number of rotatable bonds is 7. The molecule has 3 N–H and O–H groups in total. The fourth-order valence-corrected chi connectivity index (χ4v) is 2.27. The summed E-state index contributed by atoms with van der Waals surface area (Å²) >= 11 is 0. The summed E-state index contributed by atoms with van der Waals surface area (Å²) in [4.78, 5) is 35.0. The van der Waals surface area contributed by atoms with Crippen LogP contribution in [0.3, 0.4) is 0 Å². The Bertz CT molecular complexity index is 584. The van der Waals surface area contributed by atoms with E-state index in [4.69, 9.17) is 0 Å². The summed E-state index contributed by atoms with van der Waals surface area (Å²) in [6, 6.07) is 5.63. The van der Waals surface area contributed by atoms with Gasteiger partial charge in [-0.3, -0.25) is 9.59 Å². The van der Waals surface area contributed by atoms with Gasteiger partial charge < -0.3 is 15.7 Å². The maximum atomic E-state index is 12.3. The number of carboxylic acids is 1. The summed E-state index contributed by atoms with van der Waals surface area (Å²) < 4.78 is 0. The summed E-state index contributed by atoms with van der Waals surface area (Å²) in [6.45, 7) is 6.80. The molecule has 0 saturated carbocycles. The SMILES string of the molecule is CC(=O)N[C@@H](C(=O)N[C@@H](Cc1ccccc1C)C(=O)O)C(C)C. The number of hydrogen-bond donors (Lipinski definition) is 3. The zero-order chi connectivity index (χ0) is 17.6. The molecule has 1 rings (SSSR count). The summed E-state index contributed by atoms with van der Waals surface area (Å²) in [5.74, 6) is -2.07. The maximum absolute atomic E-state index is 12.3. The Kier molecular flexibility index (Phi) is 6.75. The number of nitrogens with one attached hydrogen (secondary N) is 2. The second-order valence-electron chi connectivity index (χ2n) is 5.95. The standard InChI is InChI=1S/C17H24N2O4/c1-10(2)15(18-12(4)20)16(21)19-14(17(22)23)9-13-8-6-5-7-11(13)3/h5-8,10,14-15H,9H2,1-4H3,(H,18,20)(H,19,21)(H,22,23)/t14-,15+/m0/s1. The Hall–Kier alpha value is -2.37. The lowest BCUT2D eigenvalue weighted by Crippen LogP contribution is -2.53. The van der Waals surface area contributed by atoms with E-state index in [0.717, 1.165) is 11.1 Å². The third-order valence-electron chi connectivity index (χ3n) is 3.61. The summed E-state index contributed by atoms with van der Waals surface area (Å²) in [5.41, 5.74) is 1.83. The Labute approximate surface area is 136 Å². The van der Waals surface area contributed by atoms with Gasteiger partial charge in [0.2, 0.25) is 11.8 Å². The molecule has 0 aliphatic carbocycles. The highest BCUT2D eigenvalue weighted by atomic mass is 16.4. The molecule has 0 saturated heterocycles. The largest absolute Gasteiger partial charge is 0.480 e. The Balaban J connectivity index is 2.86. The highest BCUT2D eigenvalue weighted by Crippen LogP contribution is 2.11. The van der Waals surface area contributed by atoms with E-state index in [0.29, 0.717) is 0 Å². The van der Waals surface area contributed by atoms with Gasteiger partial charge >= 0.3 is 5.97 Å². The molecule has 0 radical (unpaired) electrons. The minimum atomic E-state index is -1.10. The van der Waals surface area contributed by atoms with Gasteiger partial charge in [-0.05, 0) is 24.0 Å². The molecule has 0 aromatic heterocycles. The van der Waals surface area contributed by atoms with Crippen LogP contribution in [0.25, 0.3) is 0 Å². The van der Waals surface area contributed by atoms with Crippen LogP contribution in [0.5, 0.6) is 0 Å². The van der Waals surface area contributed by atoms with Gasteiger partial charge in [0.1, 0.15) is 12.1 Å². The fourth-order valence-electron chi connectivity index (χ4n) is 2.27. The molecule has 126 valence electrons. The summed E-state index contributed by atoms with van der Waals surface area (Å²) in [5, 5.41) is 14.5. The number of carbonyl (C=O) groups is 3. The number of carbonyl (C=O) groups excluding carboxylic acids is 2. The van der Waals surface area contributed by atoms with Crippen LogP contribution in [0.2, 0.25) is 0 Å². The molecule has 2 amide bonds. The van der Waals surface area contributed by atoms with Gasteiger partial charge in [0.05, 0.1) is 0 Å². The molecule has 0 heterocycles. The monoisotopic (exact) mass is 320 g/mol. The number of carboxylic acid groups (broad SMARTS) is 1. The third kappa shape index (κ3) is 5.73. The van der Waals surface area contributed by atoms with Crippen LogP contribution in [-0.2, 0) is 20.8 Å². The number of benzene rings is 1. The van der Waals surface area contributed by atoms with Crippen molar-refractivity contribution >= 4 is 17.8 Å². The number of amides is 2. The van der Waals surface area contributed by atoms with Gasteiger partial charge in [-0.2, -0.15) is 0 Å². The lowest BCUT2D eigenvalue weighted by atomic mass is 9.99. The molecule has 0 unspecified atom stereocenters. The molecule has 0 spiro atoms. The van der Waals surface area contributed by atoms with Crippen LogP contribution in [-0.4, -0.2) is 35.0 Å². The molecule has 0 aliphatic heterocycles. The highest BCUT2D eigenvalue weighted by molar-refractivity contribution is 5.90. The van der Waals surface area contributed by atoms with E-state index in [1.54, 1.807) is 13.8 Å². The van der Waals surface area contributed by atoms with Gasteiger partial charge in [-0.1, -0.05) is 38.1 Å². The van der Waals surface area contributed by atoms with Crippen molar-refractivity contribution in [1.29, 1.82) is 0 Å². The van der Waals surface area contributed by atoms with Crippen molar-refractivity contribution in [3.8, 4) is 0 Å². The zero-order valence-electron chi connectivity index (χ0n) is 13.9. The molecule has 0 bridgehead atoms. The lowest BCUT2D eigenvalue weighted by molar-refractivity contribution is -0.142. The zero-order valence-corrected chi connectivity index (χ0v) is 13.9. The predicted octanol–water partition coefficient (Wildman–Crippen LogP) is 1.27. The molecule has 23 heavy (non-hydrogen) atoms. The molecule has 6 heteroatoms. The Morgan fingerprint density at radius 1 is 1.13 bits per heavy atom. The summed E-state index contributed by atoms with van der Waals surface area (Å²) in [6.07, 6.45) is 0.193. The first-order chi connectivity index (χ1) is 10.7. The van der Waals surface area contributed by atoms with Crippen LogP contribution < -0.4 is 10.6 Å². The second kappa shape index (κ2) is 8.31. The molecule has 6 nitrogen and oxygen atoms in total. The number of hydrogen-bond acceptors (Lipinski definition) is 3. The first kappa shape index (κ1) is 18.7. The molecule has 1 aromatic carbocycles. The van der Waals surface area contributed by atoms with E-state index in [1.165, 1.54) is 6.92 Å². The lowest BCUT2D eigenvalue weighted by Gasteiger charge is -2.23. The minimum absolute atomic E-state index is 0.146. The molecule has 0 aliphatic rings. The van der Waals surface area contributed by atoms with Crippen molar-refractivity contribution in [2.24, 2.45) is 5.92 Å². The van der Waals surface area contributed by atoms with Gasteiger partial charge in [-0.25, -0.2) is 4.79 Å². The van der Waals surface area contributed by atoms with Crippen LogP contribution in [0.4, 0.5) is 0 Å². The van der Waals surface area contributed by atoms with E-state index >= 15 is 0 Å². The molecule has 1 aromatic rings. The quantitative estimate of drug-likeness (QED) is 0.705. The number of aryl methyl sites for hydroxylation is 1. The van der Waals surface area contributed by atoms with Crippen molar-refractivity contribution in [3.05, 3.63) is 35.4 Å². The third-order valence-corrected chi connectivity index (χ3v) is 3.61. The van der Waals surface area contributed by atoms with Crippen LogP contribution >= 0.6 is 0 Å². The van der Waals surface area contributed by atoms with Crippen molar-refractivity contribution in [2.75, 3.05) is 0 Å². The maximum Gasteiger partial charge on any atom is 0.326 e. The van der Waals surface area contributed by atoms with Crippen molar-refractivity contribution in [2.45, 2.75) is 46.2 Å². The molecular weight excluding hydrogens is 296 g/mol. The first-order valence-electron chi connectivity index (χ1n) is 7.57. The van der Waals surface area contributed by atoms with E-state index in [2.05, 4.69) is 10.6 Å². The van der Waals surface area contributed by atoms with E-state index in [1.807, 2.05) is 31.2 Å². The topological polar surface area (TPSA) is 95.5 Å². The van der Waals surface area contributed by atoms with Crippen LogP contribution in [0.15, 0.2) is 24.3 Å². The van der Waals surface area contributed by atoms with Crippen molar-refractivity contribution in [3.63, 3.8) is 0 Å².